The predicted octanol–water partition coefficient (Wildman–Crippen LogP) is 3.58. The highest BCUT2D eigenvalue weighted by atomic mass is 19.1. The zero-order valence-electron chi connectivity index (χ0n) is 11.7. The van der Waals surface area contributed by atoms with Crippen LogP contribution in [0.15, 0.2) is 42.5 Å². The first kappa shape index (κ1) is 14.1. The van der Waals surface area contributed by atoms with Gasteiger partial charge >= 0.3 is 0 Å². The SMILES string of the molecule is CCN(c1ccc(F)cc1)c1ccc(C(=N)N)c(C)c1. The number of nitrogens with one attached hydrogen (secondary N) is 1. The maximum atomic E-state index is 13.0. The third kappa shape index (κ3) is 2.79. The molecule has 3 nitrogen and oxygen atoms in total. The molecule has 0 radical (unpaired) electrons. The Morgan fingerprint density at radius 2 is 1.75 bits per heavy atom. The van der Waals surface area contributed by atoms with Crippen molar-refractivity contribution in [3.63, 3.8) is 0 Å². The van der Waals surface area contributed by atoms with Gasteiger partial charge in [0.2, 0.25) is 0 Å². The van der Waals surface area contributed by atoms with Gasteiger partial charge in [-0.25, -0.2) is 4.39 Å². The van der Waals surface area contributed by atoms with Crippen LogP contribution in [0.3, 0.4) is 0 Å². The summed E-state index contributed by atoms with van der Waals surface area (Å²) in [6, 6.07) is 12.2. The normalized spacial score (nSPS) is 10.3. The molecule has 0 heterocycles. The van der Waals surface area contributed by atoms with Gasteiger partial charge in [0.25, 0.3) is 0 Å². The molecule has 0 aromatic heterocycles. The van der Waals surface area contributed by atoms with E-state index in [1.54, 1.807) is 12.1 Å². The molecule has 3 N–H and O–H groups in total. The van der Waals surface area contributed by atoms with Crippen molar-refractivity contribution >= 4 is 17.2 Å². The van der Waals surface area contributed by atoms with E-state index < -0.39 is 0 Å². The molecule has 0 saturated heterocycles. The minimum atomic E-state index is -0.243. The first-order valence-corrected chi connectivity index (χ1v) is 6.51. The smallest absolute Gasteiger partial charge is 0.123 e. The number of nitrogen functional groups attached to an aromatic ring is 1. The average Bonchev–Trinajstić information content (AvgIpc) is 2.41. The van der Waals surface area contributed by atoms with Gasteiger partial charge in [0.15, 0.2) is 0 Å². The topological polar surface area (TPSA) is 53.1 Å². The monoisotopic (exact) mass is 271 g/mol. The van der Waals surface area contributed by atoms with Crippen molar-refractivity contribution in [2.75, 3.05) is 11.4 Å². The molecule has 0 aliphatic heterocycles. The zero-order chi connectivity index (χ0) is 14.7. The summed E-state index contributed by atoms with van der Waals surface area (Å²) in [5.41, 5.74) is 9.16. The van der Waals surface area contributed by atoms with Gasteiger partial charge in [0.1, 0.15) is 11.7 Å². The molecule has 0 spiro atoms. The van der Waals surface area contributed by atoms with Crippen molar-refractivity contribution in [1.29, 1.82) is 5.41 Å². The lowest BCUT2D eigenvalue weighted by Gasteiger charge is -2.24. The predicted molar refractivity (Wildman–Crippen MR) is 81.3 cm³/mol. The van der Waals surface area contributed by atoms with E-state index in [-0.39, 0.29) is 11.7 Å². The highest BCUT2D eigenvalue weighted by Crippen LogP contribution is 2.27. The van der Waals surface area contributed by atoms with E-state index in [0.29, 0.717) is 0 Å². The van der Waals surface area contributed by atoms with Crippen LogP contribution in [0.5, 0.6) is 0 Å². The fraction of sp³-hybridized carbons (Fsp3) is 0.188. The molecular weight excluding hydrogens is 253 g/mol. The largest absolute Gasteiger partial charge is 0.384 e. The third-order valence-electron chi connectivity index (χ3n) is 3.27. The van der Waals surface area contributed by atoms with Gasteiger partial charge < -0.3 is 10.6 Å². The fourth-order valence-corrected chi connectivity index (χ4v) is 2.25. The van der Waals surface area contributed by atoms with Crippen molar-refractivity contribution < 1.29 is 4.39 Å². The Morgan fingerprint density at radius 3 is 2.25 bits per heavy atom. The second-order valence-corrected chi connectivity index (χ2v) is 4.63. The Hall–Kier alpha value is -2.36. The number of hydrogen-bond acceptors (Lipinski definition) is 2. The average molecular weight is 271 g/mol. The number of anilines is 2. The Kier molecular flexibility index (Phi) is 4.03. The minimum Gasteiger partial charge on any atom is -0.384 e. The van der Waals surface area contributed by atoms with Crippen LogP contribution in [0.1, 0.15) is 18.1 Å². The molecule has 0 aliphatic carbocycles. The second kappa shape index (κ2) is 5.74. The summed E-state index contributed by atoms with van der Waals surface area (Å²) in [7, 11) is 0. The van der Waals surface area contributed by atoms with Crippen LogP contribution in [0.25, 0.3) is 0 Å². The van der Waals surface area contributed by atoms with Gasteiger partial charge in [0.05, 0.1) is 0 Å². The van der Waals surface area contributed by atoms with Gasteiger partial charge in [-0.2, -0.15) is 0 Å². The summed E-state index contributed by atoms with van der Waals surface area (Å²) >= 11 is 0. The number of nitrogens with two attached hydrogens (primary N) is 1. The second-order valence-electron chi connectivity index (χ2n) is 4.63. The summed E-state index contributed by atoms with van der Waals surface area (Å²) in [4.78, 5) is 2.08. The van der Waals surface area contributed by atoms with Crippen LogP contribution in [-0.2, 0) is 0 Å². The molecule has 20 heavy (non-hydrogen) atoms. The van der Waals surface area contributed by atoms with Crippen LogP contribution in [0, 0.1) is 18.2 Å². The molecule has 0 fully saturated rings. The molecule has 0 saturated carbocycles. The Labute approximate surface area is 118 Å². The Bertz CT molecular complexity index is 620. The number of aryl methyl sites for hydroxylation is 1. The van der Waals surface area contributed by atoms with E-state index in [1.165, 1.54) is 12.1 Å². The molecule has 0 bridgehead atoms. The molecule has 0 aliphatic rings. The van der Waals surface area contributed by atoms with Crippen molar-refractivity contribution in [2.24, 2.45) is 5.73 Å². The summed E-state index contributed by atoms with van der Waals surface area (Å²) < 4.78 is 13.0. The van der Waals surface area contributed by atoms with Crippen molar-refractivity contribution in [3.8, 4) is 0 Å². The molecule has 104 valence electrons. The van der Waals surface area contributed by atoms with Crippen molar-refractivity contribution in [2.45, 2.75) is 13.8 Å². The lowest BCUT2D eigenvalue weighted by molar-refractivity contribution is 0.628. The summed E-state index contributed by atoms with van der Waals surface area (Å²) in [5.74, 6) is -0.174. The highest BCUT2D eigenvalue weighted by molar-refractivity contribution is 5.96. The summed E-state index contributed by atoms with van der Waals surface area (Å²) in [6.07, 6.45) is 0. The molecule has 0 unspecified atom stereocenters. The van der Waals surface area contributed by atoms with Crippen LogP contribution in [0.2, 0.25) is 0 Å². The summed E-state index contributed by atoms with van der Waals surface area (Å²) in [6.45, 7) is 4.74. The van der Waals surface area contributed by atoms with Crippen LogP contribution < -0.4 is 10.6 Å². The van der Waals surface area contributed by atoms with E-state index >= 15 is 0 Å². The van der Waals surface area contributed by atoms with E-state index in [9.17, 15) is 4.39 Å². The number of hydrogen-bond donors (Lipinski definition) is 2. The maximum Gasteiger partial charge on any atom is 0.123 e. The van der Waals surface area contributed by atoms with Gasteiger partial charge in [0, 0.05) is 23.5 Å². The molecule has 2 aromatic carbocycles. The van der Waals surface area contributed by atoms with Gasteiger partial charge in [-0.15, -0.1) is 0 Å². The Morgan fingerprint density at radius 1 is 1.15 bits per heavy atom. The van der Waals surface area contributed by atoms with Crippen molar-refractivity contribution in [1.82, 2.24) is 0 Å². The number of benzene rings is 2. The molecule has 0 atom stereocenters. The van der Waals surface area contributed by atoms with E-state index in [0.717, 1.165) is 29.0 Å². The van der Waals surface area contributed by atoms with E-state index in [1.807, 2.05) is 32.0 Å². The quantitative estimate of drug-likeness (QED) is 0.659. The standard InChI is InChI=1S/C16H18FN3/c1-3-20(13-6-4-12(17)5-7-13)14-8-9-15(16(18)19)11(2)10-14/h4-10H,3H2,1-2H3,(H3,18,19). The zero-order valence-corrected chi connectivity index (χ0v) is 11.7. The lowest BCUT2D eigenvalue weighted by Crippen LogP contribution is -2.17. The molecule has 2 aromatic rings. The van der Waals surface area contributed by atoms with Gasteiger partial charge in [-0.1, -0.05) is 0 Å². The summed E-state index contributed by atoms with van der Waals surface area (Å²) in [5, 5.41) is 7.51. The molecule has 4 heteroatoms. The van der Waals surface area contributed by atoms with E-state index in [4.69, 9.17) is 11.1 Å². The molecule has 0 amide bonds. The number of nitrogens with zero attached hydrogens (tertiary/aromatic N) is 1. The molecule has 2 rings (SSSR count). The number of rotatable bonds is 4. The minimum absolute atomic E-state index is 0.0684. The number of amidine groups is 1. The fourth-order valence-electron chi connectivity index (χ4n) is 2.25. The lowest BCUT2D eigenvalue weighted by atomic mass is 10.1. The van der Waals surface area contributed by atoms with Gasteiger partial charge in [-0.05, 0) is 61.9 Å². The number of halogens is 1. The first-order valence-electron chi connectivity index (χ1n) is 6.51. The highest BCUT2D eigenvalue weighted by Gasteiger charge is 2.10. The Balaban J connectivity index is 2.39. The molecular formula is C16H18FN3. The third-order valence-corrected chi connectivity index (χ3v) is 3.27. The van der Waals surface area contributed by atoms with Gasteiger partial charge in [-0.3, -0.25) is 5.41 Å². The maximum absolute atomic E-state index is 13.0. The van der Waals surface area contributed by atoms with Crippen molar-refractivity contribution in [3.05, 3.63) is 59.4 Å². The van der Waals surface area contributed by atoms with Crippen LogP contribution in [-0.4, -0.2) is 12.4 Å². The van der Waals surface area contributed by atoms with Crippen LogP contribution >= 0.6 is 0 Å². The first-order chi connectivity index (χ1) is 9.52. The van der Waals surface area contributed by atoms with E-state index in [2.05, 4.69) is 4.90 Å². The van der Waals surface area contributed by atoms with Crippen LogP contribution in [0.4, 0.5) is 15.8 Å².